The van der Waals surface area contributed by atoms with Gasteiger partial charge in [0.1, 0.15) is 0 Å². The molecule has 0 bridgehead atoms. The molecule has 0 unspecified atom stereocenters. The molecule has 2 N–H and O–H groups in total. The van der Waals surface area contributed by atoms with Crippen LogP contribution in [0.2, 0.25) is 0 Å². The van der Waals surface area contributed by atoms with E-state index in [1.54, 1.807) is 0 Å². The van der Waals surface area contributed by atoms with E-state index in [-0.39, 0.29) is 29.6 Å². The fourth-order valence-corrected chi connectivity index (χ4v) is 0. The van der Waals surface area contributed by atoms with Crippen LogP contribution in [0.5, 0.6) is 0 Å². The fraction of sp³-hybridized carbons (Fsp3) is 0. The average Bonchev–Trinajstić information content (AvgIpc) is 0.918. The minimum Gasteiger partial charge on any atom is -0.460 e. The van der Waals surface area contributed by atoms with Gasteiger partial charge in [-0.2, -0.15) is 0 Å². The van der Waals surface area contributed by atoms with Crippen LogP contribution in [0.15, 0.2) is 5.34 Å². The normalized spacial score (nSPS) is 3.00. The molecule has 0 fully saturated rings. The van der Waals surface area contributed by atoms with Crippen LogP contribution in [0.25, 0.3) is 0 Å². The fourth-order valence-electron chi connectivity index (χ4n) is 0. The van der Waals surface area contributed by atoms with Gasteiger partial charge in [0.25, 0.3) is 0 Å². The number of hydrogen-bond acceptors (Lipinski definition) is 2. The van der Waals surface area contributed by atoms with Crippen molar-refractivity contribution in [3.63, 3.8) is 0 Å². The smallest absolute Gasteiger partial charge is 0.460 e. The van der Waals surface area contributed by atoms with Crippen LogP contribution in [0.3, 0.4) is 0 Å². The molecule has 0 heterocycles. The van der Waals surface area contributed by atoms with Crippen molar-refractivity contribution in [3.8, 4) is 0 Å². The molecule has 0 spiro atoms. The Kier molecular flexibility index (Phi) is 22.1. The van der Waals surface area contributed by atoms with Crippen molar-refractivity contribution >= 4 is 0 Å². The van der Waals surface area contributed by atoms with Crippen molar-refractivity contribution in [3.05, 3.63) is 4.91 Å². The maximum atomic E-state index is 8.22. The summed E-state index contributed by atoms with van der Waals surface area (Å²) in [7, 11) is 0. The standard InChI is InChI=1S/HNO2.Na/c2-1-3;/h(H,2,3);/q;+1/p+1. The molecule has 0 aromatic rings. The summed E-state index contributed by atoms with van der Waals surface area (Å²) >= 11 is 0. The molecule has 0 saturated carbocycles. The number of rotatable bonds is 0. The molecule has 0 aliphatic rings. The van der Waals surface area contributed by atoms with Crippen LogP contribution in [0, 0.1) is 4.91 Å². The van der Waals surface area contributed by atoms with Gasteiger partial charge in [-0.1, -0.05) is 0 Å². The zero-order valence-corrected chi connectivity index (χ0v) is 4.36. The second-order valence-electron chi connectivity index (χ2n) is 0.0913. The van der Waals surface area contributed by atoms with Crippen LogP contribution >= 0.6 is 0 Å². The van der Waals surface area contributed by atoms with Crippen LogP contribution < -0.4 is 29.6 Å². The minimum absolute atomic E-state index is 0. The van der Waals surface area contributed by atoms with Crippen LogP contribution in [0.4, 0.5) is 0 Å². The summed E-state index contributed by atoms with van der Waals surface area (Å²) in [5, 5.41) is 6.78. The van der Waals surface area contributed by atoms with Gasteiger partial charge in [-0.15, -0.1) is 0 Å². The predicted molar refractivity (Wildman–Crippen MR) is 9.41 cm³/mol. The minimum atomic E-state index is 0. The van der Waals surface area contributed by atoms with E-state index in [2.05, 4.69) is 0 Å². The first-order chi connectivity index (χ1) is 1.41. The van der Waals surface area contributed by atoms with Crippen molar-refractivity contribution in [1.82, 2.24) is 0 Å². The number of hydrogen-bond donors (Lipinski definition) is 0. The van der Waals surface area contributed by atoms with Gasteiger partial charge >= 0.3 is 34.9 Å². The molecule has 0 aromatic heterocycles. The summed E-state index contributed by atoms with van der Waals surface area (Å²) in [6.07, 6.45) is 0. The van der Waals surface area contributed by atoms with Crippen LogP contribution in [-0.4, -0.2) is 5.21 Å². The Labute approximate surface area is 45.2 Å². The van der Waals surface area contributed by atoms with Gasteiger partial charge in [0.15, 0.2) is 0 Å². The summed E-state index contributed by atoms with van der Waals surface area (Å²) in [5.41, 5.74) is 0. The molecule has 3 nitrogen and oxygen atoms in total. The molecule has 0 aromatic carbocycles. The van der Waals surface area contributed by atoms with E-state index in [0.29, 0.717) is 0 Å². The van der Waals surface area contributed by atoms with E-state index in [1.807, 2.05) is 0 Å². The van der Waals surface area contributed by atoms with Gasteiger partial charge in [0.05, 0.1) is 0 Å². The molecule has 0 saturated heterocycles. The first-order valence-electron chi connectivity index (χ1n) is 0.406. The first-order valence-corrected chi connectivity index (χ1v) is 0.406. The topological polar surface area (TPSA) is 52.3 Å². The molecule has 4 heavy (non-hydrogen) atoms. The molecule has 18 valence electrons. The average molecular weight is 71.0 g/mol. The van der Waals surface area contributed by atoms with Gasteiger partial charge in [-0.3, -0.25) is 0 Å². The predicted octanol–water partition coefficient (Wildman–Crippen LogP) is -3.60. The summed E-state index contributed by atoms with van der Waals surface area (Å²) in [6, 6.07) is 0. The summed E-state index contributed by atoms with van der Waals surface area (Å²) in [5.74, 6) is 0. The van der Waals surface area contributed by atoms with E-state index in [0.717, 1.165) is 0 Å². The van der Waals surface area contributed by atoms with Crippen molar-refractivity contribution in [2.45, 2.75) is 0 Å². The maximum absolute atomic E-state index is 8.22. The Morgan fingerprint density at radius 1 is 1.75 bits per heavy atom. The first kappa shape index (κ1) is 8.83. The third-order valence-corrected chi connectivity index (χ3v) is 0. The molecule has 0 amide bonds. The molecule has 0 atom stereocenters. The van der Waals surface area contributed by atoms with Gasteiger partial charge < -0.3 is 5.21 Å². The Balaban J connectivity index is 0. The van der Waals surface area contributed by atoms with Crippen molar-refractivity contribution < 1.29 is 34.8 Å². The van der Waals surface area contributed by atoms with Gasteiger partial charge in [-0.25, -0.2) is 0 Å². The Morgan fingerprint density at radius 3 is 1.75 bits per heavy atom. The second kappa shape index (κ2) is 9.99. The maximum Gasteiger partial charge on any atom is 1.00 e. The molecule has 4 heteroatoms. The molecular weight excluding hydrogens is 69.0 g/mol. The van der Waals surface area contributed by atoms with Crippen molar-refractivity contribution in [2.75, 3.05) is 0 Å². The van der Waals surface area contributed by atoms with E-state index in [9.17, 15) is 0 Å². The van der Waals surface area contributed by atoms with E-state index < -0.39 is 0 Å². The summed E-state index contributed by atoms with van der Waals surface area (Å²) in [6.45, 7) is 0. The van der Waals surface area contributed by atoms with Gasteiger partial charge in [0, 0.05) is 0 Å². The quantitative estimate of drug-likeness (QED) is 0.126. The Bertz CT molecular complexity index is 13.5. The van der Waals surface area contributed by atoms with Gasteiger partial charge in [0.2, 0.25) is 4.91 Å². The van der Waals surface area contributed by atoms with Crippen molar-refractivity contribution in [1.29, 1.82) is 0 Å². The Hall–Kier alpha value is 0.400. The van der Waals surface area contributed by atoms with Gasteiger partial charge in [-0.05, 0) is 0 Å². The van der Waals surface area contributed by atoms with E-state index in [1.165, 1.54) is 5.34 Å². The molecule has 0 radical (unpaired) electrons. The summed E-state index contributed by atoms with van der Waals surface area (Å²) in [4.78, 5) is 8.22. The largest absolute Gasteiger partial charge is 1.00 e. The zero-order valence-electron chi connectivity index (χ0n) is 2.36. The van der Waals surface area contributed by atoms with Crippen molar-refractivity contribution in [2.24, 2.45) is 5.34 Å². The van der Waals surface area contributed by atoms with Crippen LogP contribution in [-0.2, 0) is 0 Å². The van der Waals surface area contributed by atoms with Crippen LogP contribution in [0.1, 0.15) is 0 Å². The monoisotopic (exact) mass is 71.0 g/mol. The number of nitrogens with zero attached hydrogens (tertiary/aromatic N) is 1. The van der Waals surface area contributed by atoms with E-state index in [4.69, 9.17) is 10.1 Å². The molecular formula is H2NNaO2+2. The molecule has 0 rings (SSSR count). The summed E-state index contributed by atoms with van der Waals surface area (Å²) < 4.78 is 0. The third kappa shape index (κ3) is 29.4. The zero-order chi connectivity index (χ0) is 2.71. The third-order valence-electron chi connectivity index (χ3n) is 0. The van der Waals surface area contributed by atoms with E-state index >= 15 is 0 Å². The second-order valence-corrected chi connectivity index (χ2v) is 0.0913. The SMILES string of the molecule is O=N[OH2+].[Na+]. The molecule has 0 aliphatic heterocycles. The molecule has 0 aliphatic carbocycles. The Morgan fingerprint density at radius 2 is 1.75 bits per heavy atom.